The average molecular weight is 461 g/mol. The molecule has 28 heavy (non-hydrogen) atoms. The molecule has 0 aliphatic carbocycles. The van der Waals surface area contributed by atoms with Gasteiger partial charge in [0.05, 0.1) is 26.4 Å². The predicted molar refractivity (Wildman–Crippen MR) is 121 cm³/mol. The van der Waals surface area contributed by atoms with E-state index in [0.29, 0.717) is 5.75 Å². The second-order valence-corrected chi connectivity index (χ2v) is 12.4. The van der Waals surface area contributed by atoms with Crippen molar-refractivity contribution in [3.8, 4) is 0 Å². The maximum Gasteiger partial charge on any atom is 0.346 e. The lowest BCUT2D eigenvalue weighted by Crippen LogP contribution is -2.20. The molecule has 170 valence electrons. The zero-order valence-electron chi connectivity index (χ0n) is 18.5. The molecule has 0 heterocycles. The van der Waals surface area contributed by atoms with Crippen molar-refractivity contribution in [2.75, 3.05) is 37.9 Å². The fourth-order valence-corrected chi connectivity index (χ4v) is 10.2. The molecule has 0 aromatic rings. The molecule has 0 unspecified atom stereocenters. The maximum absolute atomic E-state index is 13.4. The standard InChI is InChI=1S/C19H42O6P2S/c1-6-11-12-13-14-15-16-17-28-18-19(26(20,22-7-2)23-8-3)27(21,24-9-4)25-10-5/h19H,6-18H2,1-5H3. The van der Waals surface area contributed by atoms with Crippen molar-refractivity contribution in [3.63, 3.8) is 0 Å². The van der Waals surface area contributed by atoms with Crippen LogP contribution in [-0.4, -0.2) is 43.3 Å². The summed E-state index contributed by atoms with van der Waals surface area (Å²) in [7, 11) is -7.24. The smallest absolute Gasteiger partial charge is 0.308 e. The molecule has 0 radical (unpaired) electrons. The molecule has 0 N–H and O–H groups in total. The van der Waals surface area contributed by atoms with Gasteiger partial charge in [-0.15, -0.1) is 0 Å². The molecule has 0 spiro atoms. The highest BCUT2D eigenvalue weighted by molar-refractivity contribution is 8.00. The number of hydrogen-bond donors (Lipinski definition) is 0. The van der Waals surface area contributed by atoms with E-state index in [1.165, 1.54) is 38.5 Å². The zero-order chi connectivity index (χ0) is 21.3. The molecule has 0 aromatic carbocycles. The highest BCUT2D eigenvalue weighted by atomic mass is 32.2. The van der Waals surface area contributed by atoms with Gasteiger partial charge in [0.2, 0.25) is 0 Å². The molecule has 0 aromatic heterocycles. The zero-order valence-corrected chi connectivity index (χ0v) is 21.1. The van der Waals surface area contributed by atoms with Crippen LogP contribution in [0.5, 0.6) is 0 Å². The van der Waals surface area contributed by atoms with Crippen molar-refractivity contribution in [2.45, 2.75) is 85.0 Å². The highest BCUT2D eigenvalue weighted by Gasteiger charge is 2.50. The van der Waals surface area contributed by atoms with Gasteiger partial charge in [0.15, 0.2) is 5.40 Å². The van der Waals surface area contributed by atoms with Crippen molar-refractivity contribution < 1.29 is 27.2 Å². The van der Waals surface area contributed by atoms with E-state index < -0.39 is 20.6 Å². The van der Waals surface area contributed by atoms with E-state index in [0.717, 1.165) is 12.2 Å². The monoisotopic (exact) mass is 460 g/mol. The molecule has 0 atom stereocenters. The molecule has 0 aliphatic heterocycles. The summed E-state index contributed by atoms with van der Waals surface area (Å²) in [6.07, 6.45) is 8.69. The summed E-state index contributed by atoms with van der Waals surface area (Å²) in [5.74, 6) is 1.28. The van der Waals surface area contributed by atoms with Gasteiger partial charge in [-0.25, -0.2) is 0 Å². The second-order valence-electron chi connectivity index (χ2n) is 6.43. The number of thioether (sulfide) groups is 1. The van der Waals surface area contributed by atoms with Gasteiger partial charge >= 0.3 is 15.2 Å². The predicted octanol–water partition coefficient (Wildman–Crippen LogP) is 7.33. The molecule has 0 rings (SSSR count). The Balaban J connectivity index is 4.91. The van der Waals surface area contributed by atoms with Crippen molar-refractivity contribution in [1.82, 2.24) is 0 Å². The minimum atomic E-state index is -3.62. The van der Waals surface area contributed by atoms with Crippen LogP contribution in [0.1, 0.15) is 79.6 Å². The quantitative estimate of drug-likeness (QED) is 0.139. The van der Waals surface area contributed by atoms with Crippen LogP contribution in [0, 0.1) is 0 Å². The molecular formula is C19H42O6P2S. The third kappa shape index (κ3) is 11.2. The lowest BCUT2D eigenvalue weighted by atomic mass is 10.1. The summed E-state index contributed by atoms with van der Waals surface area (Å²) in [4.78, 5) is 0. The van der Waals surface area contributed by atoms with Crippen LogP contribution in [0.25, 0.3) is 0 Å². The summed E-state index contributed by atoms with van der Waals surface area (Å²) in [5.41, 5.74) is 0. The van der Waals surface area contributed by atoms with Crippen molar-refractivity contribution >= 4 is 27.0 Å². The second kappa shape index (κ2) is 17.3. The van der Waals surface area contributed by atoms with E-state index >= 15 is 0 Å². The molecule has 0 fully saturated rings. The first-order chi connectivity index (χ1) is 13.4. The molecule has 0 amide bonds. The fourth-order valence-electron chi connectivity index (χ4n) is 2.84. The summed E-state index contributed by atoms with van der Waals surface area (Å²) in [5, 5.41) is -0.908. The van der Waals surface area contributed by atoms with Gasteiger partial charge in [0.25, 0.3) is 0 Å². The van der Waals surface area contributed by atoms with E-state index in [2.05, 4.69) is 6.92 Å². The number of hydrogen-bond acceptors (Lipinski definition) is 7. The fraction of sp³-hybridized carbons (Fsp3) is 1.00. The van der Waals surface area contributed by atoms with Crippen molar-refractivity contribution in [2.24, 2.45) is 0 Å². The van der Waals surface area contributed by atoms with Crippen LogP contribution >= 0.6 is 27.0 Å². The van der Waals surface area contributed by atoms with Crippen LogP contribution in [0.3, 0.4) is 0 Å². The minimum absolute atomic E-state index is 0.217. The molecule has 0 saturated carbocycles. The van der Waals surface area contributed by atoms with E-state index in [1.807, 2.05) is 0 Å². The Labute approximate surface area is 177 Å². The van der Waals surface area contributed by atoms with Gasteiger partial charge in [0.1, 0.15) is 0 Å². The molecular weight excluding hydrogens is 418 g/mol. The molecule has 0 saturated heterocycles. The Kier molecular flexibility index (Phi) is 17.7. The Morgan fingerprint density at radius 1 is 0.643 bits per heavy atom. The molecule has 0 aliphatic rings. The van der Waals surface area contributed by atoms with Gasteiger partial charge in [0, 0.05) is 5.75 Å². The summed E-state index contributed by atoms with van der Waals surface area (Å²) in [6.45, 7) is 10.1. The number of rotatable bonds is 20. The van der Waals surface area contributed by atoms with E-state index in [-0.39, 0.29) is 26.4 Å². The Morgan fingerprint density at radius 2 is 1.04 bits per heavy atom. The van der Waals surface area contributed by atoms with Crippen LogP contribution in [0.2, 0.25) is 0 Å². The molecule has 0 bridgehead atoms. The topological polar surface area (TPSA) is 71.1 Å². The first-order valence-electron chi connectivity index (χ1n) is 10.8. The van der Waals surface area contributed by atoms with Crippen molar-refractivity contribution in [3.05, 3.63) is 0 Å². The minimum Gasteiger partial charge on any atom is -0.308 e. The first kappa shape index (κ1) is 28.6. The summed E-state index contributed by atoms with van der Waals surface area (Å²) >= 11 is 1.62. The third-order valence-electron chi connectivity index (χ3n) is 4.13. The van der Waals surface area contributed by atoms with Crippen LogP contribution < -0.4 is 0 Å². The maximum atomic E-state index is 13.4. The van der Waals surface area contributed by atoms with Crippen LogP contribution in [0.15, 0.2) is 0 Å². The largest absolute Gasteiger partial charge is 0.346 e. The average Bonchev–Trinajstić information content (AvgIpc) is 2.64. The normalized spacial score (nSPS) is 12.8. The van der Waals surface area contributed by atoms with Crippen LogP contribution in [-0.2, 0) is 27.2 Å². The van der Waals surface area contributed by atoms with E-state index in [1.54, 1.807) is 39.5 Å². The number of unbranched alkanes of at least 4 members (excludes halogenated alkanes) is 6. The lowest BCUT2D eigenvalue weighted by Gasteiger charge is -2.31. The summed E-state index contributed by atoms with van der Waals surface area (Å²) < 4.78 is 48.7. The Hall–Kier alpha value is 0.650. The SMILES string of the molecule is CCCCCCCCCSCC(P(=O)(OCC)OCC)P(=O)(OCC)OCC. The molecule has 9 heteroatoms. The van der Waals surface area contributed by atoms with E-state index in [9.17, 15) is 9.13 Å². The third-order valence-corrected chi connectivity index (χ3v) is 11.8. The van der Waals surface area contributed by atoms with Gasteiger partial charge in [-0.3, -0.25) is 9.13 Å². The van der Waals surface area contributed by atoms with Gasteiger partial charge < -0.3 is 18.1 Å². The molecule has 6 nitrogen and oxygen atoms in total. The summed E-state index contributed by atoms with van der Waals surface area (Å²) in [6, 6.07) is 0. The van der Waals surface area contributed by atoms with Gasteiger partial charge in [-0.05, 0) is 39.9 Å². The van der Waals surface area contributed by atoms with Gasteiger partial charge in [-0.1, -0.05) is 45.4 Å². The Morgan fingerprint density at radius 3 is 1.43 bits per heavy atom. The lowest BCUT2D eigenvalue weighted by molar-refractivity contribution is 0.197. The van der Waals surface area contributed by atoms with Crippen LogP contribution in [0.4, 0.5) is 0 Å². The Bertz CT molecular complexity index is 414. The van der Waals surface area contributed by atoms with Crippen molar-refractivity contribution in [1.29, 1.82) is 0 Å². The first-order valence-corrected chi connectivity index (χ1v) is 15.2. The highest BCUT2D eigenvalue weighted by Crippen LogP contribution is 2.70. The van der Waals surface area contributed by atoms with E-state index in [4.69, 9.17) is 18.1 Å². The van der Waals surface area contributed by atoms with Gasteiger partial charge in [-0.2, -0.15) is 11.8 Å².